The van der Waals surface area contributed by atoms with Crippen LogP contribution in [0, 0.1) is 31.1 Å². The Morgan fingerprint density at radius 3 is 2.64 bits per heavy atom. The molecule has 2 heterocycles. The van der Waals surface area contributed by atoms with Crippen molar-refractivity contribution < 1.29 is 9.90 Å². The Kier molecular flexibility index (Phi) is 4.45. The molecule has 4 bridgehead atoms. The second-order valence-electron chi connectivity index (χ2n) is 9.52. The lowest BCUT2D eigenvalue weighted by atomic mass is 9.47. The van der Waals surface area contributed by atoms with Gasteiger partial charge in [0.1, 0.15) is 5.01 Å². The first-order valence-electron chi connectivity index (χ1n) is 10.3. The predicted molar refractivity (Wildman–Crippen MR) is 113 cm³/mol. The average molecular weight is 417 g/mol. The van der Waals surface area contributed by atoms with Gasteiger partial charge in [-0.05, 0) is 86.6 Å². The molecule has 0 spiro atoms. The Labute approximate surface area is 174 Å². The summed E-state index contributed by atoms with van der Waals surface area (Å²) in [4.78, 5) is 19.6. The molecule has 6 heteroatoms. The number of aliphatic hydroxyl groups is 1. The van der Waals surface area contributed by atoms with Crippen molar-refractivity contribution in [1.29, 1.82) is 0 Å². The molecular formula is C22H28N2O2S2. The molecule has 2 N–H and O–H groups in total. The minimum atomic E-state index is -0.612. The molecular weight excluding hydrogens is 388 g/mol. The second kappa shape index (κ2) is 6.64. The van der Waals surface area contributed by atoms with Crippen molar-refractivity contribution in [2.24, 2.45) is 17.3 Å². The number of aryl methyl sites for hydroxylation is 2. The number of carbonyl (C=O) groups is 1. The van der Waals surface area contributed by atoms with Gasteiger partial charge >= 0.3 is 0 Å². The van der Waals surface area contributed by atoms with E-state index in [1.165, 1.54) is 16.9 Å². The monoisotopic (exact) mass is 416 g/mol. The van der Waals surface area contributed by atoms with Crippen molar-refractivity contribution in [3.63, 3.8) is 0 Å². The number of thiazole rings is 1. The molecule has 0 saturated heterocycles. The zero-order chi connectivity index (χ0) is 19.5. The highest BCUT2D eigenvalue weighted by Gasteiger charge is 2.60. The SMILES string of the molecule is Cc1nc([C@H](Cc2ccsc2)NC(=O)C23C[C@H]4C[C@@H](CC(O)(C4)C2)C3)sc1C. The molecule has 4 saturated carbocycles. The highest BCUT2D eigenvalue weighted by molar-refractivity contribution is 7.11. The van der Waals surface area contributed by atoms with Crippen LogP contribution in [0.5, 0.6) is 0 Å². The number of hydrogen-bond donors (Lipinski definition) is 2. The Morgan fingerprint density at radius 1 is 1.32 bits per heavy atom. The number of hydrogen-bond acceptors (Lipinski definition) is 5. The molecule has 1 amide bonds. The first kappa shape index (κ1) is 18.8. The van der Waals surface area contributed by atoms with E-state index in [2.05, 4.69) is 29.1 Å². The highest BCUT2D eigenvalue weighted by Crippen LogP contribution is 2.61. The van der Waals surface area contributed by atoms with Gasteiger partial charge in [0.15, 0.2) is 0 Å². The predicted octanol–water partition coefficient (Wildman–Crippen LogP) is 4.55. The summed E-state index contributed by atoms with van der Waals surface area (Å²) in [7, 11) is 0. The van der Waals surface area contributed by atoms with E-state index in [0.29, 0.717) is 18.3 Å². The molecule has 2 aromatic heterocycles. The topological polar surface area (TPSA) is 62.2 Å². The van der Waals surface area contributed by atoms with Gasteiger partial charge in [0, 0.05) is 11.3 Å². The molecule has 2 aromatic rings. The van der Waals surface area contributed by atoms with E-state index >= 15 is 0 Å². The van der Waals surface area contributed by atoms with Crippen LogP contribution in [0.2, 0.25) is 0 Å². The lowest BCUT2D eigenvalue weighted by Crippen LogP contribution is -2.60. The van der Waals surface area contributed by atoms with Crippen molar-refractivity contribution in [1.82, 2.24) is 10.3 Å². The lowest BCUT2D eigenvalue weighted by Gasteiger charge is -2.59. The van der Waals surface area contributed by atoms with Crippen LogP contribution in [0.1, 0.15) is 65.7 Å². The van der Waals surface area contributed by atoms with E-state index in [-0.39, 0.29) is 17.4 Å². The third-order valence-corrected chi connectivity index (χ3v) is 9.10. The van der Waals surface area contributed by atoms with Crippen molar-refractivity contribution >= 4 is 28.6 Å². The quantitative estimate of drug-likeness (QED) is 0.751. The van der Waals surface area contributed by atoms with Gasteiger partial charge in [-0.25, -0.2) is 4.98 Å². The fourth-order valence-corrected chi connectivity index (χ4v) is 7.94. The normalized spacial score (nSPS) is 34.5. The molecule has 0 unspecified atom stereocenters. The van der Waals surface area contributed by atoms with Gasteiger partial charge in [-0.2, -0.15) is 11.3 Å². The molecule has 4 fully saturated rings. The fraction of sp³-hybridized carbons (Fsp3) is 0.636. The van der Waals surface area contributed by atoms with Gasteiger partial charge in [0.05, 0.1) is 22.8 Å². The summed E-state index contributed by atoms with van der Waals surface area (Å²) in [5.41, 5.74) is 1.30. The zero-order valence-corrected chi connectivity index (χ0v) is 18.2. The van der Waals surface area contributed by atoms with Crippen LogP contribution in [0.4, 0.5) is 0 Å². The number of nitrogens with one attached hydrogen (secondary N) is 1. The molecule has 28 heavy (non-hydrogen) atoms. The number of amides is 1. The van der Waals surface area contributed by atoms with Crippen LogP contribution in [-0.4, -0.2) is 21.6 Å². The summed E-state index contributed by atoms with van der Waals surface area (Å²) >= 11 is 3.38. The number of thiophene rings is 1. The Morgan fingerprint density at radius 2 is 2.07 bits per heavy atom. The number of rotatable bonds is 5. The van der Waals surface area contributed by atoms with Crippen LogP contribution in [0.3, 0.4) is 0 Å². The van der Waals surface area contributed by atoms with E-state index in [9.17, 15) is 9.90 Å². The summed E-state index contributed by atoms with van der Waals surface area (Å²) in [6.07, 6.45) is 6.27. The molecule has 3 atom stereocenters. The van der Waals surface area contributed by atoms with E-state index in [0.717, 1.165) is 42.8 Å². The third-order valence-electron chi connectivity index (χ3n) is 7.18. The molecule has 4 aliphatic rings. The van der Waals surface area contributed by atoms with E-state index in [1.54, 1.807) is 22.7 Å². The van der Waals surface area contributed by atoms with Crippen molar-refractivity contribution in [2.45, 2.75) is 70.4 Å². The van der Waals surface area contributed by atoms with Crippen LogP contribution in [-0.2, 0) is 11.2 Å². The summed E-state index contributed by atoms with van der Waals surface area (Å²) < 4.78 is 0. The molecule has 4 nitrogen and oxygen atoms in total. The molecule has 0 radical (unpaired) electrons. The minimum absolute atomic E-state index is 0.0952. The van der Waals surface area contributed by atoms with Gasteiger partial charge in [-0.3, -0.25) is 4.79 Å². The average Bonchev–Trinajstić information content (AvgIpc) is 3.22. The van der Waals surface area contributed by atoms with Crippen molar-refractivity contribution in [3.05, 3.63) is 38.0 Å². The maximum atomic E-state index is 13.6. The fourth-order valence-electron chi connectivity index (χ4n) is 6.28. The summed E-state index contributed by atoms with van der Waals surface area (Å²) in [6.45, 7) is 4.13. The Hall–Kier alpha value is -1.24. The Bertz CT molecular complexity index is 855. The first-order chi connectivity index (χ1) is 13.3. The first-order valence-corrected chi connectivity index (χ1v) is 12.1. The maximum absolute atomic E-state index is 13.6. The standard InChI is InChI=1S/C22H28N2O2S2/c1-13-14(2)28-19(23-13)18(6-15-3-4-27-11-15)24-20(25)21-7-16-5-17(8-21)10-22(26,9-16)12-21/h3-4,11,16-18,26H,5-10,12H2,1-2H3,(H,24,25)/t16-,17-,18+,21?,22?/m1/s1. The molecule has 6 rings (SSSR count). The van der Waals surface area contributed by atoms with Gasteiger partial charge in [0.25, 0.3) is 0 Å². The second-order valence-corrected chi connectivity index (χ2v) is 11.5. The van der Waals surface area contributed by atoms with E-state index < -0.39 is 5.60 Å². The lowest BCUT2D eigenvalue weighted by molar-refractivity contribution is -0.178. The van der Waals surface area contributed by atoms with Crippen LogP contribution in [0.25, 0.3) is 0 Å². The number of nitrogens with zero attached hydrogens (tertiary/aromatic N) is 1. The van der Waals surface area contributed by atoms with Crippen molar-refractivity contribution in [3.8, 4) is 0 Å². The highest BCUT2D eigenvalue weighted by atomic mass is 32.1. The smallest absolute Gasteiger partial charge is 0.226 e. The van der Waals surface area contributed by atoms with Crippen LogP contribution < -0.4 is 5.32 Å². The third kappa shape index (κ3) is 3.23. The summed E-state index contributed by atoms with van der Waals surface area (Å²) in [5, 5.41) is 19.7. The van der Waals surface area contributed by atoms with Crippen molar-refractivity contribution in [2.75, 3.05) is 0 Å². The minimum Gasteiger partial charge on any atom is -0.390 e. The Balaban J connectivity index is 1.41. The van der Waals surface area contributed by atoms with Gasteiger partial charge < -0.3 is 10.4 Å². The largest absolute Gasteiger partial charge is 0.390 e. The maximum Gasteiger partial charge on any atom is 0.226 e. The molecule has 4 aliphatic carbocycles. The zero-order valence-electron chi connectivity index (χ0n) is 16.5. The van der Waals surface area contributed by atoms with E-state index in [1.807, 2.05) is 6.92 Å². The molecule has 150 valence electrons. The summed E-state index contributed by atoms with van der Waals surface area (Å²) in [6, 6.07) is 2.03. The van der Waals surface area contributed by atoms with Crippen LogP contribution in [0.15, 0.2) is 16.8 Å². The van der Waals surface area contributed by atoms with Gasteiger partial charge in [0.2, 0.25) is 5.91 Å². The van der Waals surface area contributed by atoms with Gasteiger partial charge in [-0.15, -0.1) is 11.3 Å². The van der Waals surface area contributed by atoms with E-state index in [4.69, 9.17) is 4.98 Å². The van der Waals surface area contributed by atoms with Crippen LogP contribution >= 0.6 is 22.7 Å². The molecule has 0 aliphatic heterocycles. The van der Waals surface area contributed by atoms with Gasteiger partial charge in [-0.1, -0.05) is 0 Å². The summed E-state index contributed by atoms with van der Waals surface area (Å²) in [5.74, 6) is 1.17. The molecule has 0 aromatic carbocycles. The number of aromatic nitrogens is 1. The number of carbonyl (C=O) groups excluding carboxylic acids is 1.